The van der Waals surface area contributed by atoms with Crippen molar-refractivity contribution < 1.29 is 18.7 Å². The van der Waals surface area contributed by atoms with Crippen LogP contribution in [0.3, 0.4) is 0 Å². The molecule has 0 bridgehead atoms. The number of benzene rings is 4. The van der Waals surface area contributed by atoms with Gasteiger partial charge in [-0.1, -0.05) is 66.7 Å². The van der Waals surface area contributed by atoms with E-state index in [9.17, 15) is 9.59 Å². The van der Waals surface area contributed by atoms with Crippen LogP contribution in [-0.2, 0) is 17.7 Å². The van der Waals surface area contributed by atoms with E-state index in [0.717, 1.165) is 54.0 Å². The van der Waals surface area contributed by atoms with E-state index in [2.05, 4.69) is 69.9 Å². The average Bonchev–Trinajstić information content (AvgIpc) is 3.43. The Hall–Kier alpha value is -4.53. The van der Waals surface area contributed by atoms with Crippen molar-refractivity contribution >= 4 is 40.5 Å². The maximum Gasteiger partial charge on any atom is 0.374 e. The molecule has 1 amide bonds. The molecule has 46 heavy (non-hydrogen) atoms. The van der Waals surface area contributed by atoms with Crippen LogP contribution in [0.4, 0.5) is 5.69 Å². The van der Waals surface area contributed by atoms with Crippen molar-refractivity contribution in [1.29, 1.82) is 0 Å². The Labute approximate surface area is 274 Å². The van der Waals surface area contributed by atoms with E-state index in [-0.39, 0.29) is 11.7 Å². The first-order valence-electron chi connectivity index (χ1n) is 15.8. The largest absolute Gasteiger partial charge is 0.460 e. The third-order valence-corrected chi connectivity index (χ3v) is 9.40. The molecule has 6 rings (SSSR count). The highest BCUT2D eigenvalue weighted by Gasteiger charge is 2.24. The summed E-state index contributed by atoms with van der Waals surface area (Å²) in [5.41, 5.74) is 5.96. The van der Waals surface area contributed by atoms with Crippen molar-refractivity contribution in [1.82, 2.24) is 9.21 Å². The van der Waals surface area contributed by atoms with Crippen LogP contribution in [0.5, 0.6) is 0 Å². The number of anilines is 1. The van der Waals surface area contributed by atoms with Gasteiger partial charge in [0.05, 0.1) is 6.61 Å². The van der Waals surface area contributed by atoms with E-state index in [1.165, 1.54) is 16.8 Å². The number of carbonyl (C=O) groups excluding carboxylic acids is 2. The summed E-state index contributed by atoms with van der Waals surface area (Å²) in [6, 6.07) is 34.8. The monoisotopic (exact) mass is 633 g/mol. The second-order valence-electron chi connectivity index (χ2n) is 11.4. The number of para-hydroxylation sites is 1. The van der Waals surface area contributed by atoms with Gasteiger partial charge in [-0.25, -0.2) is 9.10 Å². The molecule has 2 heterocycles. The first-order chi connectivity index (χ1) is 22.5. The second kappa shape index (κ2) is 14.7. The van der Waals surface area contributed by atoms with Crippen LogP contribution in [-0.4, -0.2) is 60.4 Å². The summed E-state index contributed by atoms with van der Waals surface area (Å²) < 4.78 is 13.5. The molecule has 0 aliphatic carbocycles. The zero-order valence-electron chi connectivity index (χ0n) is 26.4. The van der Waals surface area contributed by atoms with Gasteiger partial charge in [-0.2, -0.15) is 0 Å². The van der Waals surface area contributed by atoms with Crippen molar-refractivity contribution in [2.75, 3.05) is 44.2 Å². The maximum absolute atomic E-state index is 13.1. The molecule has 4 aromatic carbocycles. The molecule has 0 radical (unpaired) electrons. The normalized spacial score (nSPS) is 13.4. The number of hydrogen-bond donors (Lipinski definition) is 0. The summed E-state index contributed by atoms with van der Waals surface area (Å²) in [5.74, 6) is -0.0765. The molecule has 8 heteroatoms. The number of amides is 1. The van der Waals surface area contributed by atoms with Gasteiger partial charge in [0.2, 0.25) is 5.76 Å². The minimum Gasteiger partial charge on any atom is -0.460 e. The van der Waals surface area contributed by atoms with Crippen LogP contribution in [0.15, 0.2) is 112 Å². The van der Waals surface area contributed by atoms with E-state index < -0.39 is 5.97 Å². The predicted octanol–water partition coefficient (Wildman–Crippen LogP) is 7.63. The van der Waals surface area contributed by atoms with Gasteiger partial charge >= 0.3 is 5.97 Å². The fourth-order valence-electron chi connectivity index (χ4n) is 5.91. The highest BCUT2D eigenvalue weighted by molar-refractivity contribution is 7.97. The van der Waals surface area contributed by atoms with Crippen molar-refractivity contribution in [3.05, 3.63) is 131 Å². The topological polar surface area (TPSA) is 66.2 Å². The number of nitrogens with zero attached hydrogens (tertiary/aromatic N) is 3. The number of ether oxygens (including phenoxy) is 1. The van der Waals surface area contributed by atoms with Gasteiger partial charge in [0.15, 0.2) is 0 Å². The van der Waals surface area contributed by atoms with Crippen molar-refractivity contribution in [3.63, 3.8) is 0 Å². The fraction of sp³-hybridized carbons (Fsp3) is 0.263. The highest BCUT2D eigenvalue weighted by atomic mass is 32.2. The molecule has 1 aliphatic heterocycles. The smallest absolute Gasteiger partial charge is 0.374 e. The van der Waals surface area contributed by atoms with Gasteiger partial charge in [0.1, 0.15) is 5.58 Å². The van der Waals surface area contributed by atoms with E-state index in [1.807, 2.05) is 54.3 Å². The minimum atomic E-state index is -0.434. The van der Waals surface area contributed by atoms with Crippen molar-refractivity contribution in [3.8, 4) is 0 Å². The molecule has 0 N–H and O–H groups in total. The van der Waals surface area contributed by atoms with Gasteiger partial charge in [0, 0.05) is 66.4 Å². The van der Waals surface area contributed by atoms with Crippen LogP contribution in [0.25, 0.3) is 11.0 Å². The van der Waals surface area contributed by atoms with Crippen LogP contribution in [0.1, 0.15) is 44.5 Å². The summed E-state index contributed by atoms with van der Waals surface area (Å²) in [5, 5.41) is 0.916. The highest BCUT2D eigenvalue weighted by Crippen LogP contribution is 2.34. The maximum atomic E-state index is 13.1. The van der Waals surface area contributed by atoms with Gasteiger partial charge in [-0.05, 0) is 79.7 Å². The lowest BCUT2D eigenvalue weighted by Crippen LogP contribution is -2.49. The quantitative estimate of drug-likeness (QED) is 0.109. The SMILES string of the molecule is CCOC(=O)c1oc2ccc(SN(CCc3ccccc3)Cc3ccccc3N3CCN(C(=O)c4ccccc4)CC3)cc2c1C. The Kier molecular flexibility index (Phi) is 10.1. The number of hydrogen-bond acceptors (Lipinski definition) is 7. The van der Waals surface area contributed by atoms with Crippen LogP contribution < -0.4 is 4.90 Å². The van der Waals surface area contributed by atoms with E-state index in [0.29, 0.717) is 25.3 Å². The molecule has 0 atom stereocenters. The molecule has 5 aromatic rings. The number of rotatable bonds is 11. The van der Waals surface area contributed by atoms with Gasteiger partial charge < -0.3 is 19.0 Å². The number of esters is 1. The lowest BCUT2D eigenvalue weighted by atomic mass is 10.1. The number of furan rings is 1. The summed E-state index contributed by atoms with van der Waals surface area (Å²) >= 11 is 1.72. The zero-order chi connectivity index (χ0) is 31.9. The number of aryl methyl sites for hydroxylation is 1. The molecule has 0 saturated carbocycles. The zero-order valence-corrected chi connectivity index (χ0v) is 27.2. The van der Waals surface area contributed by atoms with E-state index >= 15 is 0 Å². The third kappa shape index (κ3) is 7.30. The van der Waals surface area contributed by atoms with Crippen molar-refractivity contribution in [2.45, 2.75) is 31.7 Å². The molecule has 236 valence electrons. The Morgan fingerprint density at radius 3 is 2.30 bits per heavy atom. The van der Waals surface area contributed by atoms with E-state index in [1.54, 1.807) is 18.9 Å². The molecule has 1 saturated heterocycles. The molecular formula is C38H39N3O4S. The minimum absolute atomic E-state index is 0.0937. The molecule has 0 unspecified atom stereocenters. The van der Waals surface area contributed by atoms with Gasteiger partial charge in [0.25, 0.3) is 5.91 Å². The van der Waals surface area contributed by atoms with Crippen LogP contribution >= 0.6 is 11.9 Å². The van der Waals surface area contributed by atoms with Crippen LogP contribution in [0.2, 0.25) is 0 Å². The molecule has 1 fully saturated rings. The number of piperazine rings is 1. The summed E-state index contributed by atoms with van der Waals surface area (Å²) in [6.45, 7) is 8.53. The molecule has 1 aromatic heterocycles. The first kappa shape index (κ1) is 31.5. The Morgan fingerprint density at radius 1 is 0.870 bits per heavy atom. The molecule has 0 spiro atoms. The Morgan fingerprint density at radius 2 is 1.57 bits per heavy atom. The number of carbonyl (C=O) groups is 2. The Bertz CT molecular complexity index is 1780. The molecule has 7 nitrogen and oxygen atoms in total. The lowest BCUT2D eigenvalue weighted by Gasteiger charge is -2.37. The molecular weight excluding hydrogens is 595 g/mol. The second-order valence-corrected chi connectivity index (χ2v) is 12.6. The third-order valence-electron chi connectivity index (χ3n) is 8.36. The Balaban J connectivity index is 1.20. The summed E-state index contributed by atoms with van der Waals surface area (Å²) in [7, 11) is 0. The predicted molar refractivity (Wildman–Crippen MR) is 184 cm³/mol. The van der Waals surface area contributed by atoms with Crippen LogP contribution in [0, 0.1) is 6.92 Å². The van der Waals surface area contributed by atoms with E-state index in [4.69, 9.17) is 9.15 Å². The van der Waals surface area contributed by atoms with Crippen molar-refractivity contribution in [2.24, 2.45) is 0 Å². The molecule has 1 aliphatic rings. The lowest BCUT2D eigenvalue weighted by molar-refractivity contribution is 0.0491. The van der Waals surface area contributed by atoms with Gasteiger partial charge in [-0.15, -0.1) is 0 Å². The fourth-order valence-corrected chi connectivity index (χ4v) is 6.89. The number of fused-ring (bicyclic) bond motifs is 1. The summed E-state index contributed by atoms with van der Waals surface area (Å²) in [4.78, 5) is 30.9. The van der Waals surface area contributed by atoms with Gasteiger partial charge in [-0.3, -0.25) is 4.79 Å². The standard InChI is InChI=1S/C38H39N3O4S/c1-3-44-38(43)36-28(2)33-26-32(18-19-35(33)45-36)46-41(21-20-29-12-6-4-7-13-29)27-31-16-10-11-17-34(31)39-22-24-40(25-23-39)37(42)30-14-8-5-9-15-30/h4-19,26H,3,20-25,27H2,1-2H3. The average molecular weight is 634 g/mol. The first-order valence-corrected chi connectivity index (χ1v) is 16.6. The summed E-state index contributed by atoms with van der Waals surface area (Å²) in [6.07, 6.45) is 0.913.